The predicted molar refractivity (Wildman–Crippen MR) is 47.6 cm³/mol. The van der Waals surface area contributed by atoms with Gasteiger partial charge in [-0.2, -0.15) is 0 Å². The van der Waals surface area contributed by atoms with Crippen LogP contribution in [0.25, 0.3) is 0 Å². The van der Waals surface area contributed by atoms with Gasteiger partial charge < -0.3 is 15.0 Å². The van der Waals surface area contributed by atoms with E-state index in [9.17, 15) is 9.59 Å². The molecule has 0 aliphatic rings. The van der Waals surface area contributed by atoms with Crippen molar-refractivity contribution in [2.45, 2.75) is 6.92 Å². The van der Waals surface area contributed by atoms with Gasteiger partial charge in [-0.3, -0.25) is 4.79 Å². The van der Waals surface area contributed by atoms with Gasteiger partial charge in [0.25, 0.3) is 0 Å². The van der Waals surface area contributed by atoms with E-state index in [4.69, 9.17) is 0 Å². The molecule has 0 saturated heterocycles. The van der Waals surface area contributed by atoms with Crippen LogP contribution in [0.1, 0.15) is 6.92 Å². The van der Waals surface area contributed by atoms with E-state index >= 15 is 0 Å². The third-order valence-corrected chi connectivity index (χ3v) is 1.10. The fraction of sp³-hybridized carbons (Fsp3) is 0.500. The van der Waals surface area contributed by atoms with Crippen molar-refractivity contribution in [2.24, 2.45) is 0 Å². The molecule has 0 saturated carbocycles. The molecule has 5 nitrogen and oxygen atoms in total. The molecule has 0 rings (SSSR count). The van der Waals surface area contributed by atoms with Gasteiger partial charge in [-0.15, -0.1) is 0 Å². The summed E-state index contributed by atoms with van der Waals surface area (Å²) in [5.41, 5.74) is 0.125. The van der Waals surface area contributed by atoms with Gasteiger partial charge in [0.2, 0.25) is 5.91 Å². The number of nitrogens with one attached hydrogen (secondary N) is 1. The molecule has 0 radical (unpaired) electrons. The van der Waals surface area contributed by atoms with E-state index in [0.29, 0.717) is 0 Å². The zero-order valence-corrected chi connectivity index (χ0v) is 8.25. The maximum atomic E-state index is 11.1. The van der Waals surface area contributed by atoms with Crippen LogP contribution in [0.2, 0.25) is 0 Å². The molecule has 0 aliphatic heterocycles. The Hall–Kier alpha value is -1.52. The number of hydrogen-bond acceptors (Lipinski definition) is 4. The maximum absolute atomic E-state index is 11.1. The molecule has 13 heavy (non-hydrogen) atoms. The van der Waals surface area contributed by atoms with Crippen LogP contribution in [0.3, 0.4) is 0 Å². The van der Waals surface area contributed by atoms with Crippen LogP contribution < -0.4 is 5.32 Å². The molecule has 5 heteroatoms. The largest absolute Gasteiger partial charge is 0.464 e. The van der Waals surface area contributed by atoms with Crippen LogP contribution in [0.4, 0.5) is 0 Å². The number of nitrogens with zero attached hydrogens (tertiary/aromatic N) is 1. The van der Waals surface area contributed by atoms with E-state index in [1.54, 1.807) is 19.0 Å². The molecule has 0 aromatic carbocycles. The number of amides is 1. The van der Waals surface area contributed by atoms with E-state index < -0.39 is 5.97 Å². The van der Waals surface area contributed by atoms with Gasteiger partial charge in [0.05, 0.1) is 7.11 Å². The molecule has 0 heterocycles. The maximum Gasteiger partial charge on any atom is 0.356 e. The van der Waals surface area contributed by atoms with Crippen molar-refractivity contribution in [1.82, 2.24) is 10.2 Å². The lowest BCUT2D eigenvalue weighted by atomic mass is 10.4. The number of methoxy groups -OCH3 is 1. The average molecular weight is 186 g/mol. The second kappa shape index (κ2) is 5.18. The molecule has 0 aromatic rings. The van der Waals surface area contributed by atoms with Crippen molar-refractivity contribution >= 4 is 11.9 Å². The third kappa shape index (κ3) is 4.84. The Labute approximate surface area is 77.4 Å². The monoisotopic (exact) mass is 186 g/mol. The van der Waals surface area contributed by atoms with Crippen molar-refractivity contribution < 1.29 is 14.3 Å². The summed E-state index contributed by atoms with van der Waals surface area (Å²) in [6.07, 6.45) is 1.48. The Bertz CT molecular complexity index is 234. The van der Waals surface area contributed by atoms with Gasteiger partial charge in [-0.25, -0.2) is 4.79 Å². The zero-order chi connectivity index (χ0) is 10.4. The highest BCUT2D eigenvalue weighted by Gasteiger charge is 2.10. The van der Waals surface area contributed by atoms with Gasteiger partial charge in [-0.05, 0) is 0 Å². The molecule has 0 aromatic heterocycles. The molecule has 0 aliphatic carbocycles. The minimum Gasteiger partial charge on any atom is -0.464 e. The summed E-state index contributed by atoms with van der Waals surface area (Å²) in [4.78, 5) is 23.4. The first-order valence-corrected chi connectivity index (χ1v) is 3.71. The molecule has 0 spiro atoms. The molecule has 0 bridgehead atoms. The second-order valence-electron chi connectivity index (χ2n) is 2.68. The van der Waals surface area contributed by atoms with Crippen LogP contribution >= 0.6 is 0 Å². The van der Waals surface area contributed by atoms with Crippen LogP contribution in [0.15, 0.2) is 11.9 Å². The lowest BCUT2D eigenvalue weighted by molar-refractivity contribution is -0.137. The third-order valence-electron chi connectivity index (χ3n) is 1.10. The molecule has 1 N–H and O–H groups in total. The standard InChI is InChI=1S/C8H14N2O3/c1-6(11)9-7(5-10(2)3)8(12)13-4/h5H,1-4H3,(H,9,11)/b7-5-. The van der Waals surface area contributed by atoms with Crippen LogP contribution in [0.5, 0.6) is 0 Å². The number of carbonyl (C=O) groups excluding carboxylic acids is 2. The second-order valence-corrected chi connectivity index (χ2v) is 2.68. The average Bonchev–Trinajstić information content (AvgIpc) is 2.00. The summed E-state index contributed by atoms with van der Waals surface area (Å²) in [5, 5.41) is 2.37. The number of esters is 1. The summed E-state index contributed by atoms with van der Waals surface area (Å²) in [7, 11) is 4.74. The first kappa shape index (κ1) is 11.5. The summed E-state index contributed by atoms with van der Waals surface area (Å²) in [6.45, 7) is 1.33. The van der Waals surface area contributed by atoms with Gasteiger partial charge in [0, 0.05) is 27.2 Å². The smallest absolute Gasteiger partial charge is 0.356 e. The molecule has 74 valence electrons. The topological polar surface area (TPSA) is 58.6 Å². The first-order chi connectivity index (χ1) is 5.97. The summed E-state index contributed by atoms with van der Waals surface area (Å²) >= 11 is 0. The van der Waals surface area contributed by atoms with Gasteiger partial charge in [0.1, 0.15) is 5.70 Å². The van der Waals surface area contributed by atoms with E-state index in [-0.39, 0.29) is 11.6 Å². The quantitative estimate of drug-likeness (QED) is 0.485. The van der Waals surface area contributed by atoms with E-state index in [1.807, 2.05) is 0 Å². The van der Waals surface area contributed by atoms with Crippen molar-refractivity contribution in [1.29, 1.82) is 0 Å². The van der Waals surface area contributed by atoms with Crippen molar-refractivity contribution in [3.63, 3.8) is 0 Å². The molecule has 0 atom stereocenters. The number of carbonyl (C=O) groups is 2. The van der Waals surface area contributed by atoms with Crippen molar-refractivity contribution in [3.8, 4) is 0 Å². The Kier molecular flexibility index (Phi) is 4.58. The van der Waals surface area contributed by atoms with Crippen LogP contribution in [-0.4, -0.2) is 38.0 Å². The fourth-order valence-electron chi connectivity index (χ4n) is 0.694. The Morgan fingerprint density at radius 3 is 2.23 bits per heavy atom. The number of rotatable bonds is 3. The van der Waals surface area contributed by atoms with E-state index in [2.05, 4.69) is 10.1 Å². The minimum absolute atomic E-state index is 0.125. The first-order valence-electron chi connectivity index (χ1n) is 3.71. The molecular weight excluding hydrogens is 172 g/mol. The summed E-state index contributed by atoms with van der Waals surface area (Å²) in [6, 6.07) is 0. The number of ether oxygens (including phenoxy) is 1. The summed E-state index contributed by atoms with van der Waals surface area (Å²) in [5.74, 6) is -0.873. The van der Waals surface area contributed by atoms with Gasteiger partial charge >= 0.3 is 5.97 Å². The molecule has 0 fully saturated rings. The minimum atomic E-state index is -0.566. The zero-order valence-electron chi connectivity index (χ0n) is 8.25. The van der Waals surface area contributed by atoms with Crippen LogP contribution in [-0.2, 0) is 14.3 Å². The van der Waals surface area contributed by atoms with Gasteiger partial charge in [0.15, 0.2) is 0 Å². The van der Waals surface area contributed by atoms with E-state index in [1.165, 1.54) is 20.2 Å². The van der Waals surface area contributed by atoms with E-state index in [0.717, 1.165) is 0 Å². The highest BCUT2D eigenvalue weighted by molar-refractivity contribution is 5.92. The summed E-state index contributed by atoms with van der Waals surface area (Å²) < 4.78 is 4.47. The Morgan fingerprint density at radius 1 is 1.38 bits per heavy atom. The predicted octanol–water partition coefficient (Wildman–Crippen LogP) is -0.302. The molecule has 1 amide bonds. The normalized spacial score (nSPS) is 10.6. The molecular formula is C8H14N2O3. The lowest BCUT2D eigenvalue weighted by Crippen LogP contribution is -2.27. The van der Waals surface area contributed by atoms with Crippen LogP contribution in [0, 0.1) is 0 Å². The molecule has 0 unspecified atom stereocenters. The Morgan fingerprint density at radius 2 is 1.92 bits per heavy atom. The highest BCUT2D eigenvalue weighted by Crippen LogP contribution is 1.94. The Balaban J connectivity index is 4.55. The van der Waals surface area contributed by atoms with Crippen molar-refractivity contribution in [2.75, 3.05) is 21.2 Å². The highest BCUT2D eigenvalue weighted by atomic mass is 16.5. The lowest BCUT2D eigenvalue weighted by Gasteiger charge is -2.10. The van der Waals surface area contributed by atoms with Crippen molar-refractivity contribution in [3.05, 3.63) is 11.9 Å². The SMILES string of the molecule is COC(=O)/C(=C/N(C)C)NC(C)=O. The number of hydrogen-bond donors (Lipinski definition) is 1. The van der Waals surface area contributed by atoms with Gasteiger partial charge in [-0.1, -0.05) is 0 Å². The fourth-order valence-corrected chi connectivity index (χ4v) is 0.694.